The highest BCUT2D eigenvalue weighted by Crippen LogP contribution is 2.12. The molecule has 0 saturated carbocycles. The minimum Gasteiger partial charge on any atom is -0.477 e. The molecule has 0 bridgehead atoms. The van der Waals surface area contributed by atoms with Gasteiger partial charge in [-0.3, -0.25) is 4.79 Å². The van der Waals surface area contributed by atoms with E-state index in [9.17, 15) is 9.59 Å². The van der Waals surface area contributed by atoms with E-state index in [0.717, 1.165) is 11.8 Å². The molecule has 0 aliphatic carbocycles. The summed E-state index contributed by atoms with van der Waals surface area (Å²) in [5.74, 6) is -1.59. The van der Waals surface area contributed by atoms with Crippen molar-refractivity contribution in [1.29, 1.82) is 0 Å². The molecule has 0 unspecified atom stereocenters. The molecule has 11 heavy (non-hydrogen) atoms. The van der Waals surface area contributed by atoms with Gasteiger partial charge in [-0.15, -0.1) is 11.8 Å². The van der Waals surface area contributed by atoms with E-state index >= 15 is 0 Å². The van der Waals surface area contributed by atoms with Gasteiger partial charge in [0.05, 0.1) is 17.8 Å². The Balaban J connectivity index is 3.63. The number of ether oxygens (including phenoxy) is 1. The van der Waals surface area contributed by atoms with Crippen LogP contribution in [-0.2, 0) is 14.3 Å². The van der Waals surface area contributed by atoms with Gasteiger partial charge in [0.2, 0.25) is 0 Å². The van der Waals surface area contributed by atoms with Crippen LogP contribution in [0.4, 0.5) is 0 Å². The molecule has 0 saturated heterocycles. The number of carboxylic acids is 1. The fourth-order valence-corrected chi connectivity index (χ4v) is 0.800. The van der Waals surface area contributed by atoms with Crippen molar-refractivity contribution in [3.63, 3.8) is 0 Å². The Morgan fingerprint density at radius 1 is 1.64 bits per heavy atom. The molecular weight excluding hydrogens is 168 g/mol. The van der Waals surface area contributed by atoms with E-state index in [-0.39, 0.29) is 10.7 Å². The fraction of sp³-hybridized carbons (Fsp3) is 0.333. The Morgan fingerprint density at radius 3 is 2.55 bits per heavy atom. The number of carbonyl (C=O) groups excluding carboxylic acids is 1. The Labute approximate surface area is 68.2 Å². The van der Waals surface area contributed by atoms with Crippen LogP contribution in [0.25, 0.3) is 0 Å². The van der Waals surface area contributed by atoms with Gasteiger partial charge in [0, 0.05) is 0 Å². The zero-order valence-electron chi connectivity index (χ0n) is 5.99. The van der Waals surface area contributed by atoms with Gasteiger partial charge in [0.15, 0.2) is 0 Å². The molecule has 0 heterocycles. The van der Waals surface area contributed by atoms with Crippen molar-refractivity contribution in [3.05, 3.63) is 11.5 Å². The van der Waals surface area contributed by atoms with Crippen LogP contribution in [0.1, 0.15) is 0 Å². The molecule has 0 fully saturated rings. The van der Waals surface area contributed by atoms with E-state index in [1.54, 1.807) is 0 Å². The number of thioether (sulfide) groups is 1. The van der Waals surface area contributed by atoms with Gasteiger partial charge in [-0.05, 0) is 0 Å². The number of methoxy groups -OCH3 is 1. The third-order valence-corrected chi connectivity index (χ3v) is 1.73. The van der Waals surface area contributed by atoms with E-state index < -0.39 is 11.9 Å². The summed E-state index contributed by atoms with van der Waals surface area (Å²) < 4.78 is 4.29. The van der Waals surface area contributed by atoms with E-state index in [4.69, 9.17) is 5.11 Å². The summed E-state index contributed by atoms with van der Waals surface area (Å²) in [6.07, 6.45) is 0. The van der Waals surface area contributed by atoms with E-state index in [0.29, 0.717) is 0 Å². The molecule has 0 aromatic heterocycles. The number of hydrogen-bond donors (Lipinski definition) is 1. The maximum atomic E-state index is 10.5. The zero-order valence-corrected chi connectivity index (χ0v) is 6.81. The first-order valence-electron chi connectivity index (χ1n) is 2.69. The van der Waals surface area contributed by atoms with Crippen molar-refractivity contribution in [2.75, 3.05) is 12.9 Å². The Morgan fingerprint density at radius 2 is 2.18 bits per heavy atom. The van der Waals surface area contributed by atoms with Crippen molar-refractivity contribution >= 4 is 23.7 Å². The van der Waals surface area contributed by atoms with Gasteiger partial charge in [-0.1, -0.05) is 6.58 Å². The lowest BCUT2D eigenvalue weighted by Crippen LogP contribution is -2.05. The normalized spacial score (nSPS) is 8.82. The summed E-state index contributed by atoms with van der Waals surface area (Å²) in [6, 6.07) is 0. The van der Waals surface area contributed by atoms with E-state index in [2.05, 4.69) is 11.3 Å². The van der Waals surface area contributed by atoms with Crippen molar-refractivity contribution in [1.82, 2.24) is 0 Å². The quantitative estimate of drug-likeness (QED) is 0.499. The predicted molar refractivity (Wildman–Crippen MR) is 41.2 cm³/mol. The molecule has 5 heteroatoms. The molecule has 0 aliphatic heterocycles. The average Bonchev–Trinajstić information content (AvgIpc) is 1.99. The zero-order chi connectivity index (χ0) is 8.85. The van der Waals surface area contributed by atoms with Crippen LogP contribution in [0.5, 0.6) is 0 Å². The first-order chi connectivity index (χ1) is 5.07. The summed E-state index contributed by atoms with van der Waals surface area (Å²) in [6.45, 7) is 3.22. The van der Waals surface area contributed by atoms with Crippen LogP contribution >= 0.6 is 11.8 Å². The molecule has 0 aromatic rings. The summed E-state index contributed by atoms with van der Waals surface area (Å²) >= 11 is 0.849. The van der Waals surface area contributed by atoms with Crippen molar-refractivity contribution in [2.45, 2.75) is 0 Å². The van der Waals surface area contributed by atoms with Gasteiger partial charge in [0.25, 0.3) is 0 Å². The highest BCUT2D eigenvalue weighted by molar-refractivity contribution is 8.04. The molecule has 62 valence electrons. The van der Waals surface area contributed by atoms with Gasteiger partial charge < -0.3 is 9.84 Å². The third kappa shape index (κ3) is 4.44. The predicted octanol–water partition coefficient (Wildman–Crippen LogP) is 0.491. The molecule has 0 rings (SSSR count). The Kier molecular flexibility index (Phi) is 4.36. The lowest BCUT2D eigenvalue weighted by molar-refractivity contribution is -0.137. The fourth-order valence-electron chi connectivity index (χ4n) is 0.267. The van der Waals surface area contributed by atoms with Gasteiger partial charge in [-0.2, -0.15) is 0 Å². The first kappa shape index (κ1) is 10.0. The smallest absolute Gasteiger partial charge is 0.341 e. The summed E-state index contributed by atoms with van der Waals surface area (Å²) in [5.41, 5.74) is 0. The Hall–Kier alpha value is -0.970. The van der Waals surface area contributed by atoms with Crippen LogP contribution in [0.15, 0.2) is 11.5 Å². The van der Waals surface area contributed by atoms with Gasteiger partial charge >= 0.3 is 11.9 Å². The molecule has 0 radical (unpaired) electrons. The van der Waals surface area contributed by atoms with Crippen molar-refractivity contribution in [3.8, 4) is 0 Å². The van der Waals surface area contributed by atoms with Crippen LogP contribution < -0.4 is 0 Å². The number of carbonyl (C=O) groups is 2. The molecular formula is C6H8O4S. The molecule has 0 spiro atoms. The minimum atomic E-state index is -1.11. The summed E-state index contributed by atoms with van der Waals surface area (Å²) in [4.78, 5) is 20.5. The number of aliphatic carboxylic acids is 1. The highest BCUT2D eigenvalue weighted by Gasteiger charge is 2.07. The lowest BCUT2D eigenvalue weighted by Gasteiger charge is -1.97. The maximum absolute atomic E-state index is 10.5. The summed E-state index contributed by atoms with van der Waals surface area (Å²) in [7, 11) is 1.24. The maximum Gasteiger partial charge on any atom is 0.341 e. The second-order valence-corrected chi connectivity index (χ2v) is 2.66. The number of rotatable bonds is 4. The van der Waals surface area contributed by atoms with E-state index in [1.807, 2.05) is 0 Å². The van der Waals surface area contributed by atoms with Gasteiger partial charge in [-0.25, -0.2) is 4.79 Å². The SMILES string of the molecule is C=C(SCC(=O)OC)C(=O)O. The van der Waals surface area contributed by atoms with Crippen LogP contribution in [-0.4, -0.2) is 29.9 Å². The second-order valence-electron chi connectivity index (χ2n) is 1.59. The summed E-state index contributed by atoms with van der Waals surface area (Å²) in [5, 5.41) is 8.30. The molecule has 0 aromatic carbocycles. The number of carboxylic acid groups (broad SMARTS) is 1. The van der Waals surface area contributed by atoms with Crippen LogP contribution in [0, 0.1) is 0 Å². The molecule has 0 amide bonds. The second kappa shape index (κ2) is 4.79. The van der Waals surface area contributed by atoms with Crippen LogP contribution in [0.3, 0.4) is 0 Å². The first-order valence-corrected chi connectivity index (χ1v) is 3.68. The van der Waals surface area contributed by atoms with Crippen LogP contribution in [0.2, 0.25) is 0 Å². The van der Waals surface area contributed by atoms with Crippen molar-refractivity contribution in [2.24, 2.45) is 0 Å². The Bertz CT molecular complexity index is 187. The molecule has 4 nitrogen and oxygen atoms in total. The molecule has 1 N–H and O–H groups in total. The molecule has 0 atom stereocenters. The average molecular weight is 176 g/mol. The van der Waals surface area contributed by atoms with Crippen molar-refractivity contribution < 1.29 is 19.4 Å². The number of hydrogen-bond acceptors (Lipinski definition) is 4. The highest BCUT2D eigenvalue weighted by atomic mass is 32.2. The van der Waals surface area contributed by atoms with E-state index in [1.165, 1.54) is 7.11 Å². The molecule has 0 aliphatic rings. The van der Waals surface area contributed by atoms with Gasteiger partial charge in [0.1, 0.15) is 0 Å². The largest absolute Gasteiger partial charge is 0.477 e. The topological polar surface area (TPSA) is 63.6 Å². The third-order valence-electron chi connectivity index (χ3n) is 0.830. The monoisotopic (exact) mass is 176 g/mol. The standard InChI is InChI=1S/C6H8O4S/c1-4(6(8)9)11-3-5(7)10-2/h1,3H2,2H3,(H,8,9). The number of esters is 1. The minimum absolute atomic E-state index is 0.0123. The lowest BCUT2D eigenvalue weighted by atomic mass is 10.7.